The van der Waals surface area contributed by atoms with Gasteiger partial charge in [-0.05, 0) is 37.1 Å². The fourth-order valence-electron chi connectivity index (χ4n) is 3.54. The first-order chi connectivity index (χ1) is 13.0. The number of aryl methyl sites for hydroxylation is 1. The van der Waals surface area contributed by atoms with E-state index in [4.69, 9.17) is 37.4 Å². The lowest BCUT2D eigenvalue weighted by atomic mass is 10.0. The molecule has 5 nitrogen and oxygen atoms in total. The molecule has 0 aromatic heterocycles. The van der Waals surface area contributed by atoms with E-state index in [0.29, 0.717) is 35.6 Å². The van der Waals surface area contributed by atoms with Crippen LogP contribution >= 0.6 is 23.2 Å². The van der Waals surface area contributed by atoms with E-state index >= 15 is 0 Å². The van der Waals surface area contributed by atoms with Crippen molar-refractivity contribution in [1.82, 2.24) is 0 Å². The van der Waals surface area contributed by atoms with Crippen molar-refractivity contribution in [2.75, 3.05) is 31.3 Å². The van der Waals surface area contributed by atoms with Crippen molar-refractivity contribution in [2.45, 2.75) is 19.1 Å². The Morgan fingerprint density at radius 3 is 2.70 bits per heavy atom. The van der Waals surface area contributed by atoms with Gasteiger partial charge in [0.2, 0.25) is 0 Å². The number of fused-ring (bicyclic) bond motifs is 2. The molecular weight excluding hydrogens is 389 g/mol. The maximum absolute atomic E-state index is 13.2. The zero-order valence-electron chi connectivity index (χ0n) is 14.8. The number of amides is 1. The second kappa shape index (κ2) is 7.32. The molecule has 2 aliphatic heterocycles. The van der Waals surface area contributed by atoms with Gasteiger partial charge in [-0.2, -0.15) is 0 Å². The predicted molar refractivity (Wildman–Crippen MR) is 104 cm³/mol. The summed E-state index contributed by atoms with van der Waals surface area (Å²) in [4.78, 5) is 14.9. The van der Waals surface area contributed by atoms with Crippen LogP contribution in [0, 0.1) is 6.92 Å². The summed E-state index contributed by atoms with van der Waals surface area (Å²) in [6, 6.07) is 10.8. The summed E-state index contributed by atoms with van der Waals surface area (Å²) in [7, 11) is 0. The van der Waals surface area contributed by atoms with Crippen LogP contribution in [0.5, 0.6) is 5.75 Å². The predicted octanol–water partition coefficient (Wildman–Crippen LogP) is 4.32. The lowest BCUT2D eigenvalue weighted by Gasteiger charge is -2.32. The molecule has 0 saturated carbocycles. The molecule has 2 aromatic rings. The summed E-state index contributed by atoms with van der Waals surface area (Å²) < 4.78 is 17.5. The monoisotopic (exact) mass is 407 g/mol. The zero-order chi connectivity index (χ0) is 19.0. The summed E-state index contributed by atoms with van der Waals surface area (Å²) in [6.45, 7) is 3.58. The van der Waals surface area contributed by atoms with Crippen LogP contribution in [0.1, 0.15) is 17.5 Å². The SMILES string of the molecule is Cc1cccc2c1N(CCOc1ccc(Cl)cc1Cl)C(=O)C21OCCCO1. The van der Waals surface area contributed by atoms with Gasteiger partial charge in [-0.1, -0.05) is 41.4 Å². The van der Waals surface area contributed by atoms with Gasteiger partial charge >= 0.3 is 0 Å². The normalized spacial score (nSPS) is 18.0. The smallest absolute Gasteiger partial charge is 0.292 e. The Balaban J connectivity index is 1.57. The lowest BCUT2D eigenvalue weighted by Crippen LogP contribution is -2.48. The van der Waals surface area contributed by atoms with Crippen molar-refractivity contribution in [3.8, 4) is 5.75 Å². The van der Waals surface area contributed by atoms with E-state index in [0.717, 1.165) is 23.2 Å². The molecule has 0 bridgehead atoms. The Labute approximate surface area is 167 Å². The van der Waals surface area contributed by atoms with Crippen molar-refractivity contribution in [1.29, 1.82) is 0 Å². The summed E-state index contributed by atoms with van der Waals surface area (Å²) in [6.07, 6.45) is 0.772. The first-order valence-corrected chi connectivity index (χ1v) is 9.56. The van der Waals surface area contributed by atoms with Gasteiger partial charge in [-0.25, -0.2) is 0 Å². The van der Waals surface area contributed by atoms with Gasteiger partial charge in [-0.15, -0.1) is 0 Å². The van der Waals surface area contributed by atoms with E-state index in [1.165, 1.54) is 0 Å². The fraction of sp³-hybridized carbons (Fsp3) is 0.350. The summed E-state index contributed by atoms with van der Waals surface area (Å²) in [5, 5.41) is 0.974. The topological polar surface area (TPSA) is 48.0 Å². The van der Waals surface area contributed by atoms with Crippen LogP contribution in [-0.4, -0.2) is 32.3 Å². The fourth-order valence-corrected chi connectivity index (χ4v) is 4.00. The molecule has 2 aliphatic rings. The van der Waals surface area contributed by atoms with Gasteiger partial charge in [0.1, 0.15) is 12.4 Å². The van der Waals surface area contributed by atoms with Gasteiger partial charge < -0.3 is 19.1 Å². The summed E-state index contributed by atoms with van der Waals surface area (Å²) in [5.74, 6) is -1.02. The number of ether oxygens (including phenoxy) is 3. The molecule has 1 spiro atoms. The van der Waals surface area contributed by atoms with E-state index in [2.05, 4.69) is 0 Å². The Kier molecular flexibility index (Phi) is 5.03. The molecule has 0 atom stereocenters. The second-order valence-corrected chi connectivity index (χ2v) is 7.36. The molecule has 1 fully saturated rings. The average molecular weight is 408 g/mol. The van der Waals surface area contributed by atoms with Crippen LogP contribution in [0.2, 0.25) is 10.0 Å². The number of anilines is 1. The summed E-state index contributed by atoms with van der Waals surface area (Å²) in [5.41, 5.74) is 2.58. The van der Waals surface area contributed by atoms with Gasteiger partial charge in [0, 0.05) is 10.6 Å². The number of halogens is 2. The van der Waals surface area contributed by atoms with Crippen LogP contribution in [0.25, 0.3) is 0 Å². The minimum Gasteiger partial charge on any atom is -0.490 e. The van der Waals surface area contributed by atoms with Crippen LogP contribution in [0.4, 0.5) is 5.69 Å². The molecule has 4 rings (SSSR count). The molecule has 7 heteroatoms. The van der Waals surface area contributed by atoms with Gasteiger partial charge in [-0.3, -0.25) is 4.79 Å². The highest BCUT2D eigenvalue weighted by Crippen LogP contribution is 2.46. The number of hydrogen-bond donors (Lipinski definition) is 0. The highest BCUT2D eigenvalue weighted by atomic mass is 35.5. The number of carbonyl (C=O) groups excluding carboxylic acids is 1. The standard InChI is InChI=1S/C20H19Cl2NO4/c1-13-4-2-5-15-18(13)23(19(24)20(15)26-9-3-10-27-20)8-11-25-17-7-6-14(21)12-16(17)22/h2,4-7,12H,3,8-11H2,1H3. The second-order valence-electron chi connectivity index (χ2n) is 6.52. The molecule has 1 saturated heterocycles. The van der Waals surface area contributed by atoms with Crippen LogP contribution in [0.15, 0.2) is 36.4 Å². The van der Waals surface area contributed by atoms with Crippen molar-refractivity contribution in [3.05, 3.63) is 57.6 Å². The Morgan fingerprint density at radius 1 is 1.19 bits per heavy atom. The third-order valence-electron chi connectivity index (χ3n) is 4.75. The first kappa shape index (κ1) is 18.6. The van der Waals surface area contributed by atoms with E-state index in [-0.39, 0.29) is 12.5 Å². The molecule has 2 heterocycles. The van der Waals surface area contributed by atoms with Crippen molar-refractivity contribution >= 4 is 34.8 Å². The molecule has 0 N–H and O–H groups in total. The minimum atomic E-state index is -1.34. The number of nitrogens with zero attached hydrogens (tertiary/aromatic N) is 1. The average Bonchev–Trinajstić information content (AvgIpc) is 2.88. The maximum Gasteiger partial charge on any atom is 0.292 e. The number of para-hydroxylation sites is 1. The maximum atomic E-state index is 13.2. The number of carbonyl (C=O) groups is 1. The van der Waals surface area contributed by atoms with E-state index in [1.54, 1.807) is 23.1 Å². The van der Waals surface area contributed by atoms with Gasteiger partial charge in [0.15, 0.2) is 0 Å². The molecule has 0 unspecified atom stereocenters. The Hall–Kier alpha value is -1.79. The van der Waals surface area contributed by atoms with Crippen molar-refractivity contribution < 1.29 is 19.0 Å². The number of rotatable bonds is 4. The largest absolute Gasteiger partial charge is 0.490 e. The minimum absolute atomic E-state index is 0.211. The van der Waals surface area contributed by atoms with E-state index in [9.17, 15) is 4.79 Å². The van der Waals surface area contributed by atoms with E-state index in [1.807, 2.05) is 25.1 Å². The molecule has 0 radical (unpaired) electrons. The molecule has 27 heavy (non-hydrogen) atoms. The third-order valence-corrected chi connectivity index (χ3v) is 5.29. The Bertz CT molecular complexity index is 880. The molecule has 2 aromatic carbocycles. The van der Waals surface area contributed by atoms with Crippen LogP contribution in [-0.2, 0) is 20.1 Å². The third kappa shape index (κ3) is 3.19. The molecule has 142 valence electrons. The van der Waals surface area contributed by atoms with Crippen molar-refractivity contribution in [3.63, 3.8) is 0 Å². The van der Waals surface area contributed by atoms with Gasteiger partial charge in [0.25, 0.3) is 11.7 Å². The van der Waals surface area contributed by atoms with Crippen molar-refractivity contribution in [2.24, 2.45) is 0 Å². The molecule has 0 aliphatic carbocycles. The van der Waals surface area contributed by atoms with Gasteiger partial charge in [0.05, 0.1) is 30.5 Å². The molecular formula is C20H19Cl2NO4. The summed E-state index contributed by atoms with van der Waals surface area (Å²) >= 11 is 12.1. The quantitative estimate of drug-likeness (QED) is 0.756. The number of hydrogen-bond acceptors (Lipinski definition) is 4. The highest BCUT2D eigenvalue weighted by Gasteiger charge is 2.55. The highest BCUT2D eigenvalue weighted by molar-refractivity contribution is 6.35. The molecule has 1 amide bonds. The van der Waals surface area contributed by atoms with Crippen LogP contribution in [0.3, 0.4) is 0 Å². The first-order valence-electron chi connectivity index (χ1n) is 8.81. The van der Waals surface area contributed by atoms with Crippen LogP contribution < -0.4 is 9.64 Å². The van der Waals surface area contributed by atoms with E-state index < -0.39 is 5.79 Å². The Morgan fingerprint density at radius 2 is 1.96 bits per heavy atom. The zero-order valence-corrected chi connectivity index (χ0v) is 16.3. The number of benzene rings is 2. The lowest BCUT2D eigenvalue weighted by molar-refractivity contribution is -0.256.